The fourth-order valence-corrected chi connectivity index (χ4v) is 3.03. The molecule has 0 atom stereocenters. The Hall–Kier alpha value is -2.77. The van der Waals surface area contributed by atoms with Gasteiger partial charge in [-0.05, 0) is 54.6 Å². The number of nitrogens with zero attached hydrogens (tertiary/aromatic N) is 2. The topological polar surface area (TPSA) is 73.2 Å². The van der Waals surface area contributed by atoms with Gasteiger partial charge < -0.3 is 10.1 Å². The van der Waals surface area contributed by atoms with Gasteiger partial charge in [-0.3, -0.25) is 9.59 Å². The van der Waals surface area contributed by atoms with Crippen LogP contribution in [0.25, 0.3) is 5.69 Å². The number of methoxy groups -OCH3 is 1. The summed E-state index contributed by atoms with van der Waals surface area (Å²) in [5.41, 5.74) is 1.03. The molecule has 3 rings (SSSR count). The molecule has 1 N–H and O–H groups in total. The number of hydrogen-bond acceptors (Lipinski definition) is 5. The van der Waals surface area contributed by atoms with E-state index in [1.54, 1.807) is 61.7 Å². The molecule has 0 unspecified atom stereocenters. The quantitative estimate of drug-likeness (QED) is 0.638. The Balaban J connectivity index is 1.67. The van der Waals surface area contributed by atoms with Crippen LogP contribution in [-0.4, -0.2) is 28.6 Å². The number of thioether (sulfide) groups is 1. The van der Waals surface area contributed by atoms with Gasteiger partial charge in [0.2, 0.25) is 5.91 Å². The van der Waals surface area contributed by atoms with E-state index < -0.39 is 0 Å². The van der Waals surface area contributed by atoms with Crippen molar-refractivity contribution in [2.45, 2.75) is 5.03 Å². The SMILES string of the molecule is COc1ccc(-n2nc(SCC(=O)Nc3ccc(Cl)cc3)ccc2=O)cc1. The first kappa shape index (κ1) is 19.0. The molecule has 6 nitrogen and oxygen atoms in total. The molecule has 0 aliphatic rings. The highest BCUT2D eigenvalue weighted by Crippen LogP contribution is 2.18. The molecule has 1 aromatic heterocycles. The van der Waals surface area contributed by atoms with E-state index in [2.05, 4.69) is 10.4 Å². The van der Waals surface area contributed by atoms with Crippen molar-refractivity contribution >= 4 is 35.0 Å². The normalized spacial score (nSPS) is 10.4. The van der Waals surface area contributed by atoms with E-state index in [0.29, 0.717) is 27.2 Å². The molecule has 0 spiro atoms. The number of halogens is 1. The Kier molecular flexibility index (Phi) is 6.16. The van der Waals surface area contributed by atoms with Gasteiger partial charge in [-0.2, -0.15) is 9.78 Å². The molecule has 0 radical (unpaired) electrons. The molecule has 2 aromatic carbocycles. The number of carbonyl (C=O) groups is 1. The molecule has 27 heavy (non-hydrogen) atoms. The second-order valence-electron chi connectivity index (χ2n) is 5.46. The second-order valence-corrected chi connectivity index (χ2v) is 6.90. The summed E-state index contributed by atoms with van der Waals surface area (Å²) in [5, 5.41) is 8.27. The maximum Gasteiger partial charge on any atom is 0.271 e. The average molecular weight is 402 g/mol. The van der Waals surface area contributed by atoms with Crippen molar-refractivity contribution in [2.24, 2.45) is 0 Å². The van der Waals surface area contributed by atoms with E-state index in [1.165, 1.54) is 22.5 Å². The first-order chi connectivity index (χ1) is 13.0. The lowest BCUT2D eigenvalue weighted by molar-refractivity contribution is -0.113. The summed E-state index contributed by atoms with van der Waals surface area (Å²) in [6.07, 6.45) is 0. The Morgan fingerprint density at radius 2 is 1.81 bits per heavy atom. The van der Waals surface area contributed by atoms with Crippen LogP contribution in [0.1, 0.15) is 0 Å². The van der Waals surface area contributed by atoms with E-state index in [-0.39, 0.29) is 17.2 Å². The van der Waals surface area contributed by atoms with E-state index in [0.717, 1.165) is 0 Å². The van der Waals surface area contributed by atoms with Gasteiger partial charge in [0.05, 0.1) is 18.6 Å². The summed E-state index contributed by atoms with van der Waals surface area (Å²) in [4.78, 5) is 24.2. The van der Waals surface area contributed by atoms with Crippen LogP contribution >= 0.6 is 23.4 Å². The van der Waals surface area contributed by atoms with Crippen molar-refractivity contribution in [2.75, 3.05) is 18.2 Å². The van der Waals surface area contributed by atoms with E-state index in [1.807, 2.05) is 0 Å². The van der Waals surface area contributed by atoms with Crippen molar-refractivity contribution in [3.05, 3.63) is 76.0 Å². The molecule has 0 saturated carbocycles. The summed E-state index contributed by atoms with van der Waals surface area (Å²) in [5.74, 6) is 0.679. The number of hydrogen-bond donors (Lipinski definition) is 1. The molecule has 3 aromatic rings. The minimum absolute atomic E-state index is 0.163. The van der Waals surface area contributed by atoms with Gasteiger partial charge in [0, 0.05) is 16.8 Å². The molecule has 0 aliphatic carbocycles. The first-order valence-electron chi connectivity index (χ1n) is 7.98. The van der Waals surface area contributed by atoms with Crippen molar-refractivity contribution in [3.63, 3.8) is 0 Å². The van der Waals surface area contributed by atoms with Gasteiger partial charge in [0.25, 0.3) is 5.56 Å². The summed E-state index contributed by atoms with van der Waals surface area (Å²) in [6.45, 7) is 0. The van der Waals surface area contributed by atoms with Crippen LogP contribution in [0.4, 0.5) is 5.69 Å². The minimum Gasteiger partial charge on any atom is -0.497 e. The Bertz CT molecular complexity index is 988. The van der Waals surface area contributed by atoms with Crippen molar-refractivity contribution in [1.29, 1.82) is 0 Å². The third-order valence-corrected chi connectivity index (χ3v) is 4.74. The number of anilines is 1. The fourth-order valence-electron chi connectivity index (χ4n) is 2.25. The highest BCUT2D eigenvalue weighted by atomic mass is 35.5. The van der Waals surface area contributed by atoms with E-state index in [9.17, 15) is 9.59 Å². The number of ether oxygens (including phenoxy) is 1. The van der Waals surface area contributed by atoms with Crippen LogP contribution in [-0.2, 0) is 4.79 Å². The third-order valence-electron chi connectivity index (χ3n) is 3.57. The summed E-state index contributed by atoms with van der Waals surface area (Å²) >= 11 is 7.07. The van der Waals surface area contributed by atoms with Crippen LogP contribution in [0.15, 0.2) is 70.5 Å². The van der Waals surface area contributed by atoms with Crippen molar-refractivity contribution < 1.29 is 9.53 Å². The summed E-state index contributed by atoms with van der Waals surface area (Å²) < 4.78 is 6.41. The Labute approximate surface area is 165 Å². The number of carbonyl (C=O) groups excluding carboxylic acids is 1. The number of aromatic nitrogens is 2. The van der Waals surface area contributed by atoms with Gasteiger partial charge in [-0.15, -0.1) is 0 Å². The van der Waals surface area contributed by atoms with Crippen molar-refractivity contribution in [3.8, 4) is 11.4 Å². The highest BCUT2D eigenvalue weighted by Gasteiger charge is 2.08. The second kappa shape index (κ2) is 8.75. The van der Waals surface area contributed by atoms with Gasteiger partial charge in [0.1, 0.15) is 10.8 Å². The fraction of sp³-hybridized carbons (Fsp3) is 0.105. The highest BCUT2D eigenvalue weighted by molar-refractivity contribution is 7.99. The van der Waals surface area contributed by atoms with Gasteiger partial charge in [-0.1, -0.05) is 23.4 Å². The van der Waals surface area contributed by atoms with Crippen LogP contribution in [0, 0.1) is 0 Å². The monoisotopic (exact) mass is 401 g/mol. The molecule has 0 bridgehead atoms. The van der Waals surface area contributed by atoms with Crippen LogP contribution in [0.3, 0.4) is 0 Å². The number of amides is 1. The molecular weight excluding hydrogens is 386 g/mol. The molecule has 0 saturated heterocycles. The van der Waals surface area contributed by atoms with E-state index >= 15 is 0 Å². The molecule has 1 amide bonds. The lowest BCUT2D eigenvalue weighted by Gasteiger charge is -2.08. The molecule has 0 aliphatic heterocycles. The molecule has 0 fully saturated rings. The maximum absolute atomic E-state index is 12.1. The van der Waals surface area contributed by atoms with Crippen molar-refractivity contribution in [1.82, 2.24) is 9.78 Å². The Morgan fingerprint density at radius 3 is 2.48 bits per heavy atom. The number of rotatable bonds is 6. The zero-order valence-electron chi connectivity index (χ0n) is 14.4. The maximum atomic E-state index is 12.1. The summed E-state index contributed by atoms with van der Waals surface area (Å²) in [6, 6.07) is 16.9. The lowest BCUT2D eigenvalue weighted by Crippen LogP contribution is -2.20. The molecule has 138 valence electrons. The van der Waals surface area contributed by atoms with Crippen LogP contribution in [0.5, 0.6) is 5.75 Å². The van der Waals surface area contributed by atoms with Gasteiger partial charge >= 0.3 is 0 Å². The van der Waals surface area contributed by atoms with Gasteiger partial charge in [0.15, 0.2) is 0 Å². The number of nitrogens with one attached hydrogen (secondary N) is 1. The Morgan fingerprint density at radius 1 is 1.11 bits per heavy atom. The van der Waals surface area contributed by atoms with Crippen LogP contribution < -0.4 is 15.6 Å². The number of benzene rings is 2. The van der Waals surface area contributed by atoms with E-state index in [4.69, 9.17) is 16.3 Å². The summed E-state index contributed by atoms with van der Waals surface area (Å²) in [7, 11) is 1.58. The molecule has 8 heteroatoms. The standard InChI is InChI=1S/C19H16ClN3O3S/c1-26-16-8-6-15(7-9-16)23-19(25)11-10-18(22-23)27-12-17(24)21-14-4-2-13(20)3-5-14/h2-11H,12H2,1H3,(H,21,24). The molecule has 1 heterocycles. The minimum atomic E-state index is -0.255. The predicted octanol–water partition coefficient (Wildman–Crippen LogP) is 3.63. The predicted molar refractivity (Wildman–Crippen MR) is 107 cm³/mol. The third kappa shape index (κ3) is 5.12. The van der Waals surface area contributed by atoms with Gasteiger partial charge in [-0.25, -0.2) is 0 Å². The smallest absolute Gasteiger partial charge is 0.271 e. The average Bonchev–Trinajstić information content (AvgIpc) is 2.69. The molecular formula is C19H16ClN3O3S. The first-order valence-corrected chi connectivity index (χ1v) is 9.34. The zero-order valence-corrected chi connectivity index (χ0v) is 16.0. The van der Waals surface area contributed by atoms with Crippen LogP contribution in [0.2, 0.25) is 5.02 Å². The zero-order chi connectivity index (χ0) is 19.2. The largest absolute Gasteiger partial charge is 0.497 e. The lowest BCUT2D eigenvalue weighted by atomic mass is 10.3.